The second-order valence-corrected chi connectivity index (χ2v) is 4.78. The lowest BCUT2D eigenvalue weighted by atomic mass is 10.2. The first-order valence-electron chi connectivity index (χ1n) is 7.00. The lowest BCUT2D eigenvalue weighted by Crippen LogP contribution is -2.37. The molecule has 2 aromatic rings. The van der Waals surface area contributed by atoms with Gasteiger partial charge in [-0.3, -0.25) is 4.90 Å². The molecule has 1 atom stereocenters. The fourth-order valence-electron chi connectivity index (χ4n) is 2.32. The Kier molecular flexibility index (Phi) is 4.68. The SMILES string of the molecule is CCN(CC)C(C)CNc1ncnc2nc(N)ccc12. The minimum Gasteiger partial charge on any atom is -0.384 e. The van der Waals surface area contributed by atoms with Gasteiger partial charge in [-0.15, -0.1) is 0 Å². The van der Waals surface area contributed by atoms with Gasteiger partial charge in [0.2, 0.25) is 0 Å². The predicted octanol–water partition coefficient (Wildman–Crippen LogP) is 1.75. The molecule has 0 aliphatic rings. The molecule has 2 heterocycles. The monoisotopic (exact) mass is 274 g/mol. The first kappa shape index (κ1) is 14.5. The molecular formula is C14H22N6. The molecule has 6 nitrogen and oxygen atoms in total. The molecule has 0 saturated heterocycles. The van der Waals surface area contributed by atoms with Gasteiger partial charge < -0.3 is 11.1 Å². The molecule has 3 N–H and O–H groups in total. The summed E-state index contributed by atoms with van der Waals surface area (Å²) >= 11 is 0. The summed E-state index contributed by atoms with van der Waals surface area (Å²) < 4.78 is 0. The van der Waals surface area contributed by atoms with Gasteiger partial charge in [-0.2, -0.15) is 0 Å². The quantitative estimate of drug-likeness (QED) is 0.835. The van der Waals surface area contributed by atoms with Crippen molar-refractivity contribution in [3.63, 3.8) is 0 Å². The van der Waals surface area contributed by atoms with Crippen LogP contribution in [0.25, 0.3) is 11.0 Å². The summed E-state index contributed by atoms with van der Waals surface area (Å²) in [6, 6.07) is 4.11. The van der Waals surface area contributed by atoms with E-state index in [9.17, 15) is 0 Å². The minimum atomic E-state index is 0.441. The van der Waals surface area contributed by atoms with Crippen molar-refractivity contribution in [3.8, 4) is 0 Å². The number of nitrogens with zero attached hydrogens (tertiary/aromatic N) is 4. The third-order valence-electron chi connectivity index (χ3n) is 3.52. The van der Waals surface area contributed by atoms with Crippen molar-refractivity contribution in [2.45, 2.75) is 26.8 Å². The Balaban J connectivity index is 2.14. The first-order chi connectivity index (χ1) is 9.65. The average molecular weight is 274 g/mol. The lowest BCUT2D eigenvalue weighted by Gasteiger charge is -2.26. The third kappa shape index (κ3) is 3.14. The van der Waals surface area contributed by atoms with E-state index in [1.165, 1.54) is 6.33 Å². The molecule has 0 amide bonds. The number of hydrogen-bond donors (Lipinski definition) is 2. The number of aromatic nitrogens is 3. The van der Waals surface area contributed by atoms with Gasteiger partial charge in [-0.25, -0.2) is 15.0 Å². The maximum atomic E-state index is 5.67. The number of hydrogen-bond acceptors (Lipinski definition) is 6. The van der Waals surface area contributed by atoms with Gasteiger partial charge in [0.25, 0.3) is 0 Å². The lowest BCUT2D eigenvalue weighted by molar-refractivity contribution is 0.240. The highest BCUT2D eigenvalue weighted by Gasteiger charge is 2.11. The van der Waals surface area contributed by atoms with Crippen LogP contribution in [-0.2, 0) is 0 Å². The van der Waals surface area contributed by atoms with Crippen molar-refractivity contribution in [1.29, 1.82) is 0 Å². The van der Waals surface area contributed by atoms with Crippen molar-refractivity contribution in [2.75, 3.05) is 30.7 Å². The fraction of sp³-hybridized carbons (Fsp3) is 0.500. The number of pyridine rings is 1. The summed E-state index contributed by atoms with van der Waals surface area (Å²) in [5.74, 6) is 1.28. The molecule has 108 valence electrons. The fourth-order valence-corrected chi connectivity index (χ4v) is 2.32. The largest absolute Gasteiger partial charge is 0.384 e. The minimum absolute atomic E-state index is 0.441. The van der Waals surface area contributed by atoms with Crippen molar-refractivity contribution >= 4 is 22.7 Å². The van der Waals surface area contributed by atoms with Crippen LogP contribution in [0.2, 0.25) is 0 Å². The number of nitrogens with two attached hydrogens (primary N) is 1. The number of likely N-dealkylation sites (N-methyl/N-ethyl adjacent to an activating group) is 1. The third-order valence-corrected chi connectivity index (χ3v) is 3.52. The summed E-state index contributed by atoms with van der Waals surface area (Å²) in [7, 11) is 0. The summed E-state index contributed by atoms with van der Waals surface area (Å²) in [6.07, 6.45) is 1.51. The smallest absolute Gasteiger partial charge is 0.166 e. The van der Waals surface area contributed by atoms with Crippen LogP contribution >= 0.6 is 0 Å². The molecule has 1 unspecified atom stereocenters. The topological polar surface area (TPSA) is 80.0 Å². The van der Waals surface area contributed by atoms with Crippen LogP contribution in [0.3, 0.4) is 0 Å². The van der Waals surface area contributed by atoms with Crippen LogP contribution in [0.1, 0.15) is 20.8 Å². The van der Waals surface area contributed by atoms with E-state index < -0.39 is 0 Å². The van der Waals surface area contributed by atoms with Gasteiger partial charge in [0.05, 0.1) is 5.39 Å². The number of nitrogen functional groups attached to an aromatic ring is 1. The van der Waals surface area contributed by atoms with E-state index in [1.807, 2.05) is 6.07 Å². The summed E-state index contributed by atoms with van der Waals surface area (Å²) in [6.45, 7) is 9.47. The standard InChI is InChI=1S/C14H22N6/c1-4-20(5-2)10(3)8-16-13-11-6-7-12(15)19-14(11)18-9-17-13/h6-7,9-10H,4-5,8H2,1-3H3,(H3,15,16,17,18,19). The summed E-state index contributed by atoms with van der Waals surface area (Å²) in [5, 5.41) is 4.28. The van der Waals surface area contributed by atoms with Gasteiger partial charge in [0, 0.05) is 12.6 Å². The van der Waals surface area contributed by atoms with Crippen LogP contribution in [-0.4, -0.2) is 45.5 Å². The van der Waals surface area contributed by atoms with E-state index in [-0.39, 0.29) is 0 Å². The van der Waals surface area contributed by atoms with Crippen LogP contribution in [0.4, 0.5) is 11.6 Å². The summed E-state index contributed by atoms with van der Waals surface area (Å²) in [5.41, 5.74) is 6.30. The van der Waals surface area contributed by atoms with Crippen molar-refractivity contribution < 1.29 is 0 Å². The molecule has 0 bridgehead atoms. The highest BCUT2D eigenvalue weighted by atomic mass is 15.2. The van der Waals surface area contributed by atoms with Gasteiger partial charge in [-0.05, 0) is 32.1 Å². The highest BCUT2D eigenvalue weighted by molar-refractivity contribution is 5.87. The number of nitrogens with one attached hydrogen (secondary N) is 1. The van der Waals surface area contributed by atoms with Gasteiger partial charge in [0.1, 0.15) is 18.0 Å². The van der Waals surface area contributed by atoms with Crippen molar-refractivity contribution in [2.24, 2.45) is 0 Å². The summed E-state index contributed by atoms with van der Waals surface area (Å²) in [4.78, 5) is 15.0. The zero-order valence-electron chi connectivity index (χ0n) is 12.3. The molecule has 0 radical (unpaired) electrons. The maximum absolute atomic E-state index is 5.67. The molecule has 0 saturated carbocycles. The second kappa shape index (κ2) is 6.47. The van der Waals surface area contributed by atoms with Gasteiger partial charge >= 0.3 is 0 Å². The van der Waals surface area contributed by atoms with E-state index in [0.29, 0.717) is 17.5 Å². The molecule has 6 heteroatoms. The Morgan fingerprint density at radius 1 is 1.25 bits per heavy atom. The van der Waals surface area contributed by atoms with Crippen LogP contribution in [0.5, 0.6) is 0 Å². The first-order valence-corrected chi connectivity index (χ1v) is 7.00. The van der Waals surface area contributed by atoms with E-state index in [0.717, 1.165) is 30.8 Å². The zero-order chi connectivity index (χ0) is 14.5. The number of anilines is 2. The Hall–Kier alpha value is -1.95. The Morgan fingerprint density at radius 3 is 2.70 bits per heavy atom. The van der Waals surface area contributed by atoms with E-state index in [4.69, 9.17) is 5.73 Å². The molecule has 0 fully saturated rings. The Labute approximate surface area is 119 Å². The van der Waals surface area contributed by atoms with Crippen LogP contribution in [0.15, 0.2) is 18.5 Å². The Bertz CT molecular complexity index is 567. The molecule has 0 aromatic carbocycles. The highest BCUT2D eigenvalue weighted by Crippen LogP contribution is 2.18. The molecule has 0 aliphatic carbocycles. The van der Waals surface area contributed by atoms with Crippen molar-refractivity contribution in [3.05, 3.63) is 18.5 Å². The van der Waals surface area contributed by atoms with E-state index in [2.05, 4.69) is 45.9 Å². The average Bonchev–Trinajstić information content (AvgIpc) is 2.45. The molecule has 2 rings (SSSR count). The second-order valence-electron chi connectivity index (χ2n) is 4.78. The molecule has 0 spiro atoms. The molecule has 0 aliphatic heterocycles. The van der Waals surface area contributed by atoms with Crippen LogP contribution < -0.4 is 11.1 Å². The van der Waals surface area contributed by atoms with Gasteiger partial charge in [-0.1, -0.05) is 13.8 Å². The maximum Gasteiger partial charge on any atom is 0.166 e. The van der Waals surface area contributed by atoms with Crippen molar-refractivity contribution in [1.82, 2.24) is 19.9 Å². The number of fused-ring (bicyclic) bond motifs is 1. The normalized spacial score (nSPS) is 12.8. The van der Waals surface area contributed by atoms with E-state index in [1.54, 1.807) is 6.07 Å². The molecule has 20 heavy (non-hydrogen) atoms. The number of rotatable bonds is 6. The van der Waals surface area contributed by atoms with Gasteiger partial charge in [0.15, 0.2) is 5.65 Å². The molecular weight excluding hydrogens is 252 g/mol. The predicted molar refractivity (Wildman–Crippen MR) is 82.6 cm³/mol. The van der Waals surface area contributed by atoms with E-state index >= 15 is 0 Å². The van der Waals surface area contributed by atoms with Crippen LogP contribution in [0, 0.1) is 0 Å². The molecule has 2 aromatic heterocycles. The Morgan fingerprint density at radius 2 is 2.00 bits per heavy atom. The zero-order valence-corrected chi connectivity index (χ0v) is 12.3.